The van der Waals surface area contributed by atoms with E-state index in [9.17, 15) is 22.0 Å². The molecular weight excluding hydrogens is 515 g/mol. The number of para-hydroxylation sites is 2. The van der Waals surface area contributed by atoms with Gasteiger partial charge < -0.3 is 10.2 Å². The average Bonchev–Trinajstić information content (AvgIpc) is 3.48. The molecule has 0 bridgehead atoms. The summed E-state index contributed by atoms with van der Waals surface area (Å²) in [6.45, 7) is -2.23. The molecule has 1 aliphatic heterocycles. The molecule has 6 nitrogen and oxygen atoms in total. The van der Waals surface area contributed by atoms with E-state index >= 15 is 0 Å². The number of aromatic nitrogens is 4. The summed E-state index contributed by atoms with van der Waals surface area (Å²) in [4.78, 5) is 6.33. The molecule has 0 spiro atoms. The van der Waals surface area contributed by atoms with Crippen LogP contribution in [-0.4, -0.2) is 44.9 Å². The zero-order chi connectivity index (χ0) is 27.1. The highest BCUT2D eigenvalue weighted by atomic mass is 19.3. The van der Waals surface area contributed by atoms with E-state index in [4.69, 9.17) is 0 Å². The Balaban J connectivity index is 1.22. The summed E-state index contributed by atoms with van der Waals surface area (Å²) < 4.78 is 70.5. The maximum atomic E-state index is 13.9. The predicted octanol–water partition coefficient (Wildman–Crippen LogP) is 6.93. The van der Waals surface area contributed by atoms with Gasteiger partial charge in [0.1, 0.15) is 18.1 Å². The van der Waals surface area contributed by atoms with Crippen molar-refractivity contribution < 1.29 is 22.0 Å². The van der Waals surface area contributed by atoms with E-state index in [-0.39, 0.29) is 12.0 Å². The van der Waals surface area contributed by atoms with Crippen LogP contribution in [0.2, 0.25) is 0 Å². The molecule has 0 saturated carbocycles. The van der Waals surface area contributed by atoms with Crippen molar-refractivity contribution in [1.82, 2.24) is 19.3 Å². The quantitative estimate of drug-likeness (QED) is 0.228. The molecule has 39 heavy (non-hydrogen) atoms. The fourth-order valence-electron chi connectivity index (χ4n) is 5.29. The molecular formula is C28H25F5N6. The molecule has 11 heteroatoms. The Morgan fingerprint density at radius 1 is 0.897 bits per heavy atom. The topological polar surface area (TPSA) is 50.9 Å². The van der Waals surface area contributed by atoms with Crippen molar-refractivity contribution in [3.63, 3.8) is 0 Å². The van der Waals surface area contributed by atoms with Crippen molar-refractivity contribution in [3.8, 4) is 11.3 Å². The Morgan fingerprint density at radius 3 is 2.44 bits per heavy atom. The second-order valence-corrected chi connectivity index (χ2v) is 9.62. The Bertz CT molecular complexity index is 1620. The highest BCUT2D eigenvalue weighted by Crippen LogP contribution is 2.33. The number of hydrogen-bond acceptors (Lipinski definition) is 4. The Hall–Kier alpha value is -4.15. The normalized spacial score (nSPS) is 14.8. The molecule has 1 fully saturated rings. The number of hydrogen-bond donors (Lipinski definition) is 1. The minimum atomic E-state index is -2.70. The van der Waals surface area contributed by atoms with Gasteiger partial charge in [0.05, 0.1) is 16.6 Å². The van der Waals surface area contributed by atoms with E-state index in [2.05, 4.69) is 15.4 Å². The van der Waals surface area contributed by atoms with Crippen molar-refractivity contribution in [2.45, 2.75) is 38.4 Å². The summed E-state index contributed by atoms with van der Waals surface area (Å²) in [6.07, 6.45) is -1.25. The Morgan fingerprint density at radius 2 is 1.69 bits per heavy atom. The van der Waals surface area contributed by atoms with Crippen LogP contribution in [0.1, 0.15) is 19.4 Å². The van der Waals surface area contributed by atoms with Crippen LogP contribution in [0.25, 0.3) is 33.2 Å². The van der Waals surface area contributed by atoms with Gasteiger partial charge in [0.25, 0.3) is 6.43 Å². The average molecular weight is 541 g/mol. The van der Waals surface area contributed by atoms with Gasteiger partial charge in [-0.1, -0.05) is 24.3 Å². The first kappa shape index (κ1) is 25.1. The van der Waals surface area contributed by atoms with Gasteiger partial charge in [0.2, 0.25) is 5.95 Å². The van der Waals surface area contributed by atoms with E-state index < -0.39 is 25.3 Å². The summed E-state index contributed by atoms with van der Waals surface area (Å²) in [5.74, 6) is -0.176. The number of halogens is 5. The first-order valence-corrected chi connectivity index (χ1v) is 12.7. The summed E-state index contributed by atoms with van der Waals surface area (Å²) in [6, 6.07) is 18.2. The summed E-state index contributed by atoms with van der Waals surface area (Å²) in [7, 11) is 0. The van der Waals surface area contributed by atoms with Crippen molar-refractivity contribution in [2.24, 2.45) is 0 Å². The van der Waals surface area contributed by atoms with Crippen LogP contribution in [0.4, 0.5) is 33.6 Å². The first-order chi connectivity index (χ1) is 18.9. The SMILES string of the molecule is Fc1cccc(-c2nn(CC(F)F)c3cc(NC4CCN(c5nc6ccccc6n5C(F)F)CC4)ccc23)c1. The molecule has 2 aromatic heterocycles. The number of rotatable bonds is 7. The third-order valence-electron chi connectivity index (χ3n) is 7.08. The highest BCUT2D eigenvalue weighted by molar-refractivity contribution is 5.95. The number of benzene rings is 3. The zero-order valence-corrected chi connectivity index (χ0v) is 20.7. The van der Waals surface area contributed by atoms with Gasteiger partial charge in [-0.15, -0.1) is 0 Å². The molecule has 0 radical (unpaired) electrons. The van der Waals surface area contributed by atoms with Crippen LogP contribution in [0.3, 0.4) is 0 Å². The number of anilines is 2. The van der Waals surface area contributed by atoms with Gasteiger partial charge >= 0.3 is 6.55 Å². The second-order valence-electron chi connectivity index (χ2n) is 9.62. The van der Waals surface area contributed by atoms with Crippen molar-refractivity contribution >= 4 is 33.6 Å². The van der Waals surface area contributed by atoms with Gasteiger partial charge in [-0.25, -0.2) is 18.2 Å². The fourth-order valence-corrected chi connectivity index (χ4v) is 5.29. The second kappa shape index (κ2) is 10.2. The van der Waals surface area contributed by atoms with Gasteiger partial charge in [0, 0.05) is 35.8 Å². The highest BCUT2D eigenvalue weighted by Gasteiger charge is 2.26. The standard InChI is InChI=1S/C28H25F5N6/c29-18-5-3-4-17(14-18)26-21-9-8-20(15-24(21)38(36-26)16-25(30)31)34-19-10-12-37(13-11-19)28-35-22-6-1-2-7-23(22)39(28)27(32)33/h1-9,14-15,19,25,27,34H,10-13,16H2. The molecule has 1 N–H and O–H groups in total. The van der Waals surface area contributed by atoms with Crippen molar-refractivity contribution in [2.75, 3.05) is 23.3 Å². The van der Waals surface area contributed by atoms with Crippen LogP contribution in [-0.2, 0) is 6.54 Å². The lowest BCUT2D eigenvalue weighted by Crippen LogP contribution is -2.40. The minimum absolute atomic E-state index is 0.0530. The lowest BCUT2D eigenvalue weighted by Gasteiger charge is -2.33. The number of piperidine rings is 1. The smallest absolute Gasteiger partial charge is 0.321 e. The number of nitrogens with one attached hydrogen (secondary N) is 1. The third-order valence-corrected chi connectivity index (χ3v) is 7.08. The minimum Gasteiger partial charge on any atom is -0.382 e. The molecule has 5 aromatic rings. The van der Waals surface area contributed by atoms with E-state index in [0.29, 0.717) is 59.1 Å². The predicted molar refractivity (Wildman–Crippen MR) is 141 cm³/mol. The molecule has 0 aliphatic carbocycles. The largest absolute Gasteiger partial charge is 0.382 e. The molecule has 0 unspecified atom stereocenters. The van der Waals surface area contributed by atoms with E-state index in [1.165, 1.54) is 16.8 Å². The number of alkyl halides is 4. The van der Waals surface area contributed by atoms with Crippen LogP contribution in [0, 0.1) is 5.82 Å². The molecule has 3 aromatic carbocycles. The Labute approximate surface area is 220 Å². The molecule has 6 rings (SSSR count). The van der Waals surface area contributed by atoms with Crippen LogP contribution in [0.15, 0.2) is 66.7 Å². The zero-order valence-electron chi connectivity index (χ0n) is 20.7. The summed E-state index contributed by atoms with van der Waals surface area (Å²) in [5, 5.41) is 8.48. The molecule has 3 heterocycles. The maximum Gasteiger partial charge on any atom is 0.321 e. The first-order valence-electron chi connectivity index (χ1n) is 12.7. The van der Waals surface area contributed by atoms with E-state index in [1.54, 1.807) is 48.5 Å². The van der Waals surface area contributed by atoms with Gasteiger partial charge in [0.15, 0.2) is 0 Å². The van der Waals surface area contributed by atoms with Crippen LogP contribution >= 0.6 is 0 Å². The van der Waals surface area contributed by atoms with Crippen molar-refractivity contribution in [1.29, 1.82) is 0 Å². The van der Waals surface area contributed by atoms with E-state index in [1.807, 2.05) is 11.0 Å². The lowest BCUT2D eigenvalue weighted by atomic mass is 10.0. The van der Waals surface area contributed by atoms with Crippen LogP contribution in [0.5, 0.6) is 0 Å². The third kappa shape index (κ3) is 4.88. The molecule has 202 valence electrons. The number of nitrogens with zero attached hydrogens (tertiary/aromatic N) is 5. The molecule has 0 atom stereocenters. The van der Waals surface area contributed by atoms with Gasteiger partial charge in [-0.3, -0.25) is 9.25 Å². The van der Waals surface area contributed by atoms with Crippen molar-refractivity contribution in [3.05, 3.63) is 72.5 Å². The fraction of sp³-hybridized carbons (Fsp3) is 0.286. The number of fused-ring (bicyclic) bond motifs is 2. The van der Waals surface area contributed by atoms with Gasteiger partial charge in [-0.2, -0.15) is 13.9 Å². The monoisotopic (exact) mass is 540 g/mol. The lowest BCUT2D eigenvalue weighted by molar-refractivity contribution is 0.0757. The molecule has 1 saturated heterocycles. The molecule has 1 aliphatic rings. The van der Waals surface area contributed by atoms with E-state index in [0.717, 1.165) is 10.3 Å². The Kier molecular flexibility index (Phi) is 6.58. The van der Waals surface area contributed by atoms with Gasteiger partial charge in [-0.05, 0) is 55.3 Å². The molecule has 0 amide bonds. The number of imidazole rings is 1. The summed E-state index contributed by atoms with van der Waals surface area (Å²) in [5.41, 5.74) is 3.13. The summed E-state index contributed by atoms with van der Waals surface area (Å²) >= 11 is 0. The van der Waals surface area contributed by atoms with Crippen LogP contribution < -0.4 is 10.2 Å². The maximum absolute atomic E-state index is 13.9.